The molecule has 0 spiro atoms. The van der Waals surface area contributed by atoms with Gasteiger partial charge in [0.2, 0.25) is 5.56 Å². The monoisotopic (exact) mass is 405 g/mol. The second-order valence-electron chi connectivity index (χ2n) is 9.48. The van der Waals surface area contributed by atoms with Gasteiger partial charge in [-0.05, 0) is 49.1 Å². The van der Waals surface area contributed by atoms with Crippen LogP contribution in [0.15, 0.2) is 53.5 Å². The van der Waals surface area contributed by atoms with Crippen molar-refractivity contribution in [1.82, 2.24) is 14.4 Å². The number of benzene rings is 1. The van der Waals surface area contributed by atoms with Crippen LogP contribution in [0.3, 0.4) is 0 Å². The summed E-state index contributed by atoms with van der Waals surface area (Å²) in [5, 5.41) is 0. The Morgan fingerprint density at radius 2 is 1.87 bits per heavy atom. The molecule has 0 saturated carbocycles. The Hall–Kier alpha value is -2.40. The molecule has 1 aromatic carbocycles. The van der Waals surface area contributed by atoms with E-state index in [1.165, 1.54) is 41.9 Å². The maximum absolute atomic E-state index is 13.2. The van der Waals surface area contributed by atoms with E-state index >= 15 is 0 Å². The molecular formula is C25H31N3O2. The van der Waals surface area contributed by atoms with Crippen LogP contribution in [0.1, 0.15) is 41.6 Å². The first-order valence-electron chi connectivity index (χ1n) is 11.3. The van der Waals surface area contributed by atoms with Gasteiger partial charge in [0, 0.05) is 51.0 Å². The molecule has 3 aliphatic heterocycles. The molecule has 2 aromatic rings. The van der Waals surface area contributed by atoms with E-state index in [0.29, 0.717) is 29.5 Å². The molecule has 3 saturated heterocycles. The van der Waals surface area contributed by atoms with Gasteiger partial charge < -0.3 is 9.47 Å². The van der Waals surface area contributed by atoms with E-state index in [4.69, 9.17) is 0 Å². The molecule has 4 heterocycles. The number of hydrogen-bond donors (Lipinski definition) is 0. The number of hydrogen-bond acceptors (Lipinski definition) is 3. The Morgan fingerprint density at radius 1 is 1.03 bits per heavy atom. The topological polar surface area (TPSA) is 45.6 Å². The number of aromatic nitrogens is 1. The zero-order chi connectivity index (χ0) is 20.7. The molecule has 30 heavy (non-hydrogen) atoms. The van der Waals surface area contributed by atoms with Gasteiger partial charge >= 0.3 is 0 Å². The minimum absolute atomic E-state index is 0.0744. The first kappa shape index (κ1) is 19.6. The third-order valence-electron chi connectivity index (χ3n) is 7.45. The number of nitrogens with zero attached hydrogens (tertiary/aromatic N) is 3. The van der Waals surface area contributed by atoms with Crippen LogP contribution >= 0.6 is 0 Å². The van der Waals surface area contributed by atoms with Crippen molar-refractivity contribution in [1.29, 1.82) is 0 Å². The van der Waals surface area contributed by atoms with Crippen molar-refractivity contribution in [3.05, 3.63) is 70.1 Å². The molecule has 158 valence electrons. The van der Waals surface area contributed by atoms with Crippen LogP contribution in [0, 0.1) is 11.8 Å². The summed E-state index contributed by atoms with van der Waals surface area (Å²) in [5.41, 5.74) is 1.98. The predicted molar refractivity (Wildman–Crippen MR) is 117 cm³/mol. The molecule has 4 atom stereocenters. The quantitative estimate of drug-likeness (QED) is 0.789. The summed E-state index contributed by atoms with van der Waals surface area (Å²) in [6.45, 7) is 2.78. The smallest absolute Gasteiger partial charge is 0.255 e. The molecule has 0 N–H and O–H groups in total. The highest BCUT2D eigenvalue weighted by Gasteiger charge is 2.45. The molecule has 5 nitrogen and oxygen atoms in total. The minimum Gasteiger partial charge on any atom is -0.338 e. The highest BCUT2D eigenvalue weighted by Crippen LogP contribution is 2.40. The normalized spacial score (nSPS) is 28.8. The van der Waals surface area contributed by atoms with Gasteiger partial charge in [-0.2, -0.15) is 0 Å². The number of aryl methyl sites for hydroxylation is 1. The second-order valence-corrected chi connectivity index (χ2v) is 9.48. The number of amides is 1. The van der Waals surface area contributed by atoms with Gasteiger partial charge in [-0.15, -0.1) is 0 Å². The Kier molecular flexibility index (Phi) is 5.23. The van der Waals surface area contributed by atoms with Crippen LogP contribution < -0.4 is 5.56 Å². The predicted octanol–water partition coefficient (Wildman–Crippen LogP) is 2.94. The van der Waals surface area contributed by atoms with Crippen LogP contribution in [0.5, 0.6) is 0 Å². The lowest BCUT2D eigenvalue weighted by Gasteiger charge is -2.55. The highest BCUT2D eigenvalue weighted by atomic mass is 16.2. The maximum Gasteiger partial charge on any atom is 0.255 e. The summed E-state index contributed by atoms with van der Waals surface area (Å²) in [4.78, 5) is 29.7. The van der Waals surface area contributed by atoms with E-state index in [-0.39, 0.29) is 11.5 Å². The molecule has 0 radical (unpaired) electrons. The Morgan fingerprint density at radius 3 is 2.67 bits per heavy atom. The van der Waals surface area contributed by atoms with Gasteiger partial charge in [0.15, 0.2) is 0 Å². The Labute approximate surface area is 178 Å². The zero-order valence-electron chi connectivity index (χ0n) is 17.7. The van der Waals surface area contributed by atoms with Crippen LogP contribution in [0.4, 0.5) is 0 Å². The number of pyridine rings is 1. The van der Waals surface area contributed by atoms with Crippen molar-refractivity contribution in [2.24, 2.45) is 18.9 Å². The van der Waals surface area contributed by atoms with Crippen molar-refractivity contribution in [2.75, 3.05) is 19.6 Å². The van der Waals surface area contributed by atoms with E-state index < -0.39 is 0 Å². The molecule has 0 aliphatic carbocycles. The van der Waals surface area contributed by atoms with Crippen LogP contribution in [0.2, 0.25) is 0 Å². The maximum atomic E-state index is 13.2. The van der Waals surface area contributed by atoms with Crippen molar-refractivity contribution in [2.45, 2.75) is 44.2 Å². The first-order valence-corrected chi connectivity index (χ1v) is 11.3. The van der Waals surface area contributed by atoms with E-state index in [1.54, 1.807) is 19.3 Å². The summed E-state index contributed by atoms with van der Waals surface area (Å²) >= 11 is 0. The van der Waals surface area contributed by atoms with Crippen LogP contribution in [0.25, 0.3) is 0 Å². The van der Waals surface area contributed by atoms with Gasteiger partial charge in [0.05, 0.1) is 5.56 Å². The molecule has 3 fully saturated rings. The van der Waals surface area contributed by atoms with Gasteiger partial charge in [-0.25, -0.2) is 0 Å². The van der Waals surface area contributed by atoms with Crippen molar-refractivity contribution >= 4 is 5.91 Å². The zero-order valence-corrected chi connectivity index (χ0v) is 17.7. The average Bonchev–Trinajstić information content (AvgIpc) is 2.76. The van der Waals surface area contributed by atoms with E-state index in [0.717, 1.165) is 26.1 Å². The molecule has 1 amide bonds. The van der Waals surface area contributed by atoms with Crippen LogP contribution in [-0.4, -0.2) is 52.0 Å². The highest BCUT2D eigenvalue weighted by molar-refractivity contribution is 5.94. The molecule has 5 heteroatoms. The number of carbonyl (C=O) groups is 1. The summed E-state index contributed by atoms with van der Waals surface area (Å²) < 4.78 is 1.50. The summed E-state index contributed by atoms with van der Waals surface area (Å²) in [7, 11) is 1.71. The molecular weight excluding hydrogens is 374 g/mol. The van der Waals surface area contributed by atoms with Crippen molar-refractivity contribution in [3.8, 4) is 0 Å². The number of piperidine rings is 3. The molecule has 3 aliphatic rings. The third kappa shape index (κ3) is 3.71. The number of rotatable bonds is 3. The molecule has 5 rings (SSSR count). The number of fused-ring (bicyclic) bond motifs is 4. The van der Waals surface area contributed by atoms with Crippen LogP contribution in [-0.2, 0) is 13.5 Å². The van der Waals surface area contributed by atoms with E-state index in [1.807, 2.05) is 0 Å². The fraction of sp³-hybridized carbons (Fsp3) is 0.520. The summed E-state index contributed by atoms with van der Waals surface area (Å²) in [6.07, 6.45) is 7.89. The lowest BCUT2D eigenvalue weighted by atomic mass is 9.74. The summed E-state index contributed by atoms with van der Waals surface area (Å²) in [6, 6.07) is 15.3. The van der Waals surface area contributed by atoms with Crippen molar-refractivity contribution < 1.29 is 4.79 Å². The Bertz CT molecular complexity index is 970. The molecule has 1 aromatic heterocycles. The average molecular weight is 406 g/mol. The first-order chi connectivity index (χ1) is 14.6. The molecule has 2 bridgehead atoms. The SMILES string of the molecule is Cn1cc(C(=O)N2C[C@@H]3C[C@H](C2)[C@@H]2CCC[C@H](Cc4ccccc4)N2C3)ccc1=O. The number of carbonyl (C=O) groups excluding carboxylic acids is 1. The lowest BCUT2D eigenvalue weighted by Crippen LogP contribution is -2.62. The van der Waals surface area contributed by atoms with Crippen molar-refractivity contribution in [3.63, 3.8) is 0 Å². The van der Waals surface area contributed by atoms with Gasteiger partial charge in [0.25, 0.3) is 5.91 Å². The van der Waals surface area contributed by atoms with Gasteiger partial charge in [-0.1, -0.05) is 36.8 Å². The molecule has 0 unspecified atom stereocenters. The second kappa shape index (κ2) is 8.03. The Balaban J connectivity index is 1.31. The summed E-state index contributed by atoms with van der Waals surface area (Å²) in [5.74, 6) is 1.19. The lowest BCUT2D eigenvalue weighted by molar-refractivity contribution is -0.0499. The third-order valence-corrected chi connectivity index (χ3v) is 7.45. The van der Waals surface area contributed by atoms with Gasteiger partial charge in [0.1, 0.15) is 0 Å². The van der Waals surface area contributed by atoms with E-state index in [9.17, 15) is 9.59 Å². The minimum atomic E-state index is -0.0793. The van der Waals surface area contributed by atoms with Gasteiger partial charge in [-0.3, -0.25) is 14.5 Å². The number of likely N-dealkylation sites (tertiary alicyclic amines) is 1. The van der Waals surface area contributed by atoms with E-state index in [2.05, 4.69) is 40.1 Å². The standard InChI is InChI=1S/C25H31N3O2/c1-26-16-20(10-11-24(26)29)25(30)27-14-19-12-21(17-27)23-9-5-8-22(28(23)15-19)13-18-6-3-2-4-7-18/h2-4,6-7,10-11,16,19,21-23H,5,8-9,12-15,17H2,1H3/t19-,21+,22+,23-/m0/s1. The fourth-order valence-electron chi connectivity index (χ4n) is 6.09. The largest absolute Gasteiger partial charge is 0.338 e. The fourth-order valence-corrected chi connectivity index (χ4v) is 6.09.